The maximum Gasteiger partial charge on any atom is 0.437 e. The zero-order chi connectivity index (χ0) is 16.1. The van der Waals surface area contributed by atoms with Gasteiger partial charge in [-0.2, -0.15) is 28.6 Å². The van der Waals surface area contributed by atoms with Crippen molar-refractivity contribution in [2.45, 2.75) is 37.5 Å². The zero-order valence-electron chi connectivity index (χ0n) is 10.8. The van der Waals surface area contributed by atoms with Crippen molar-refractivity contribution in [1.29, 1.82) is 0 Å². The van der Waals surface area contributed by atoms with Gasteiger partial charge in [0.2, 0.25) is 9.84 Å². The van der Waals surface area contributed by atoms with E-state index in [9.17, 15) is 26.0 Å². The lowest BCUT2D eigenvalue weighted by Gasteiger charge is -2.13. The minimum atomic E-state index is -5.03. The molecule has 1 aliphatic heterocycles. The van der Waals surface area contributed by atoms with Crippen LogP contribution in [-0.2, 0) is 20.9 Å². The fraction of sp³-hybridized carbons (Fsp3) is 0.667. The van der Waals surface area contributed by atoms with Crippen molar-refractivity contribution in [2.75, 3.05) is 0 Å². The van der Waals surface area contributed by atoms with Crippen LogP contribution in [-0.4, -0.2) is 34.5 Å². The molecule has 12 heteroatoms. The molecule has 0 radical (unpaired) electrons. The number of rotatable bonds is 2. The van der Waals surface area contributed by atoms with Crippen LogP contribution in [0.2, 0.25) is 0 Å². The number of oxime groups is 1. The first-order valence-electron chi connectivity index (χ1n) is 5.56. The van der Waals surface area contributed by atoms with E-state index >= 15 is 0 Å². The van der Waals surface area contributed by atoms with E-state index in [2.05, 4.69) is 15.4 Å². The van der Waals surface area contributed by atoms with Gasteiger partial charge in [-0.25, -0.2) is 12.8 Å². The summed E-state index contributed by atoms with van der Waals surface area (Å²) in [6.07, 6.45) is -5.29. The SMILES string of the molecule is CC1(C)CC(S(=O)(=O)C(F)c2n[nH]nc2C(F)(F)F)=NO1. The number of aromatic nitrogens is 3. The number of alkyl halides is 4. The highest BCUT2D eigenvalue weighted by Gasteiger charge is 2.47. The second kappa shape index (κ2) is 4.64. The van der Waals surface area contributed by atoms with Gasteiger partial charge in [0.25, 0.3) is 5.50 Å². The average molecular weight is 330 g/mol. The molecular formula is C9H10F4N4O3S. The quantitative estimate of drug-likeness (QED) is 0.833. The third kappa shape index (κ3) is 2.84. The first-order chi connectivity index (χ1) is 9.45. The van der Waals surface area contributed by atoms with Gasteiger partial charge in [-0.05, 0) is 13.8 Å². The summed E-state index contributed by atoms with van der Waals surface area (Å²) in [6, 6.07) is 0. The molecule has 0 saturated carbocycles. The molecule has 0 fully saturated rings. The molecule has 0 aliphatic carbocycles. The molecule has 1 aromatic rings. The molecule has 0 amide bonds. The van der Waals surface area contributed by atoms with Crippen molar-refractivity contribution in [3.63, 3.8) is 0 Å². The Hall–Kier alpha value is -1.72. The topological polar surface area (TPSA) is 97.3 Å². The van der Waals surface area contributed by atoms with Gasteiger partial charge in [-0.15, -0.1) is 0 Å². The number of aromatic amines is 1. The number of nitrogens with one attached hydrogen (secondary N) is 1. The van der Waals surface area contributed by atoms with Crippen molar-refractivity contribution in [3.8, 4) is 0 Å². The number of H-pyrrole nitrogens is 1. The standard InChI is InChI=1S/C9H10F4N4O3S/c1-8(2)3-4(16-20-8)21(18,19)7(10)5-6(9(11,12)13)15-17-14-5/h7H,3H2,1-2H3,(H,14,15,17). The van der Waals surface area contributed by atoms with E-state index in [-0.39, 0.29) is 6.42 Å². The third-order valence-electron chi connectivity index (χ3n) is 2.63. The van der Waals surface area contributed by atoms with Crippen molar-refractivity contribution in [1.82, 2.24) is 15.4 Å². The minimum absolute atomic E-state index is 0.255. The summed E-state index contributed by atoms with van der Waals surface area (Å²) in [5.41, 5.74) is -7.09. The van der Waals surface area contributed by atoms with Gasteiger partial charge < -0.3 is 4.84 Å². The number of sulfone groups is 1. The first-order valence-corrected chi connectivity index (χ1v) is 7.11. The molecule has 2 heterocycles. The molecule has 0 aromatic carbocycles. The van der Waals surface area contributed by atoms with E-state index < -0.39 is 43.5 Å². The fourth-order valence-corrected chi connectivity index (χ4v) is 3.02. The van der Waals surface area contributed by atoms with E-state index in [1.165, 1.54) is 13.8 Å². The van der Waals surface area contributed by atoms with E-state index in [1.807, 2.05) is 0 Å². The van der Waals surface area contributed by atoms with E-state index in [0.717, 1.165) is 0 Å². The molecule has 1 aliphatic rings. The van der Waals surface area contributed by atoms with Crippen LogP contribution in [0.4, 0.5) is 17.6 Å². The number of hydrogen-bond donors (Lipinski definition) is 1. The Morgan fingerprint density at radius 3 is 2.43 bits per heavy atom. The second-order valence-electron chi connectivity index (χ2n) is 4.93. The highest BCUT2D eigenvalue weighted by atomic mass is 32.2. The van der Waals surface area contributed by atoms with Crippen LogP contribution in [0.1, 0.15) is 37.2 Å². The predicted molar refractivity (Wildman–Crippen MR) is 61.4 cm³/mol. The molecule has 7 nitrogen and oxygen atoms in total. The summed E-state index contributed by atoms with van der Waals surface area (Å²) >= 11 is 0. The Labute approximate surface area is 116 Å². The Morgan fingerprint density at radius 1 is 1.33 bits per heavy atom. The summed E-state index contributed by atoms with van der Waals surface area (Å²) < 4.78 is 75.8. The van der Waals surface area contributed by atoms with Gasteiger partial charge in [-0.3, -0.25) is 0 Å². The lowest BCUT2D eigenvalue weighted by Crippen LogP contribution is -2.25. The number of hydrogen-bond acceptors (Lipinski definition) is 6. The Kier molecular flexibility index (Phi) is 3.46. The third-order valence-corrected chi connectivity index (χ3v) is 4.27. The van der Waals surface area contributed by atoms with E-state index in [1.54, 1.807) is 5.21 Å². The average Bonchev–Trinajstić information content (AvgIpc) is 2.93. The van der Waals surface area contributed by atoms with Crippen molar-refractivity contribution >= 4 is 14.9 Å². The maximum absolute atomic E-state index is 14.1. The lowest BCUT2D eigenvalue weighted by molar-refractivity contribution is -0.142. The Morgan fingerprint density at radius 2 is 1.95 bits per heavy atom. The highest BCUT2D eigenvalue weighted by Crippen LogP contribution is 2.37. The van der Waals surface area contributed by atoms with Crippen LogP contribution in [0.3, 0.4) is 0 Å². The second-order valence-corrected chi connectivity index (χ2v) is 6.90. The monoisotopic (exact) mass is 330 g/mol. The summed E-state index contributed by atoms with van der Waals surface area (Å²) in [6.45, 7) is 3.01. The largest absolute Gasteiger partial charge is 0.437 e. The van der Waals surface area contributed by atoms with Crippen LogP contribution in [0.5, 0.6) is 0 Å². The van der Waals surface area contributed by atoms with Crippen LogP contribution in [0.15, 0.2) is 5.16 Å². The van der Waals surface area contributed by atoms with Gasteiger partial charge in [0, 0.05) is 6.42 Å². The molecule has 0 bridgehead atoms. The molecule has 1 unspecified atom stereocenters. The number of nitrogens with zero attached hydrogens (tertiary/aromatic N) is 3. The Balaban J connectivity index is 2.37. The zero-order valence-corrected chi connectivity index (χ0v) is 11.6. The molecule has 1 N–H and O–H groups in total. The molecule has 1 aromatic heterocycles. The molecular weight excluding hydrogens is 320 g/mol. The smallest absolute Gasteiger partial charge is 0.389 e. The van der Waals surface area contributed by atoms with Crippen LogP contribution >= 0.6 is 0 Å². The normalized spacial score (nSPS) is 20.0. The van der Waals surface area contributed by atoms with Crippen molar-refractivity contribution in [2.24, 2.45) is 5.16 Å². The minimum Gasteiger partial charge on any atom is -0.389 e. The molecule has 0 spiro atoms. The molecule has 1 atom stereocenters. The summed E-state index contributed by atoms with van der Waals surface area (Å²) in [7, 11) is -4.78. The maximum atomic E-state index is 14.1. The van der Waals surface area contributed by atoms with E-state index in [0.29, 0.717) is 0 Å². The van der Waals surface area contributed by atoms with Crippen LogP contribution < -0.4 is 0 Å². The van der Waals surface area contributed by atoms with Crippen molar-refractivity contribution < 1.29 is 30.8 Å². The summed E-state index contributed by atoms with van der Waals surface area (Å²) in [5.74, 6) is 0. The molecule has 21 heavy (non-hydrogen) atoms. The summed E-state index contributed by atoms with van der Waals surface area (Å²) in [5, 5.41) is 9.82. The first kappa shape index (κ1) is 15.7. The summed E-state index contributed by atoms with van der Waals surface area (Å²) in [4.78, 5) is 4.78. The van der Waals surface area contributed by atoms with E-state index in [4.69, 9.17) is 4.84 Å². The van der Waals surface area contributed by atoms with Crippen LogP contribution in [0.25, 0.3) is 0 Å². The molecule has 118 valence electrons. The number of halogens is 4. The van der Waals surface area contributed by atoms with Gasteiger partial charge in [-0.1, -0.05) is 5.16 Å². The van der Waals surface area contributed by atoms with Gasteiger partial charge >= 0.3 is 6.18 Å². The molecule has 0 saturated heterocycles. The van der Waals surface area contributed by atoms with Crippen molar-refractivity contribution in [3.05, 3.63) is 11.4 Å². The van der Waals surface area contributed by atoms with Crippen LogP contribution in [0, 0.1) is 0 Å². The van der Waals surface area contributed by atoms with Gasteiger partial charge in [0.15, 0.2) is 10.7 Å². The fourth-order valence-electron chi connectivity index (χ4n) is 1.63. The van der Waals surface area contributed by atoms with Gasteiger partial charge in [0.1, 0.15) is 11.3 Å². The highest BCUT2D eigenvalue weighted by molar-refractivity contribution is 8.06. The van der Waals surface area contributed by atoms with Gasteiger partial charge in [0.05, 0.1) is 0 Å². The lowest BCUT2D eigenvalue weighted by atomic mass is 10.1. The molecule has 2 rings (SSSR count). The Bertz CT molecular complexity index is 679. The predicted octanol–water partition coefficient (Wildman–Crippen LogP) is 1.72.